The van der Waals surface area contributed by atoms with Gasteiger partial charge in [-0.3, -0.25) is 0 Å². The fourth-order valence-electron chi connectivity index (χ4n) is 1.29. The second-order valence-corrected chi connectivity index (χ2v) is 7.01. The van der Waals surface area contributed by atoms with Gasteiger partial charge in [-0.2, -0.15) is 0 Å². The summed E-state index contributed by atoms with van der Waals surface area (Å²) in [4.78, 5) is -0.255. The van der Waals surface area contributed by atoms with E-state index in [2.05, 4.69) is 22.4 Å². The maximum absolute atomic E-state index is 6.38. The zero-order chi connectivity index (χ0) is 10.2. The number of benzene rings is 1. The van der Waals surface area contributed by atoms with Crippen molar-refractivity contribution in [2.75, 3.05) is 5.75 Å². The van der Waals surface area contributed by atoms with Crippen molar-refractivity contribution in [1.29, 1.82) is 0 Å². The van der Waals surface area contributed by atoms with Crippen LogP contribution in [-0.4, -0.2) is 14.8 Å². The summed E-state index contributed by atoms with van der Waals surface area (Å²) in [6, 6.07) is 7.73. The van der Waals surface area contributed by atoms with Crippen LogP contribution in [0.3, 0.4) is 0 Å². The molecule has 0 bridgehead atoms. The van der Waals surface area contributed by atoms with Gasteiger partial charge in [0.1, 0.15) is 0 Å². The highest BCUT2D eigenvalue weighted by Gasteiger charge is 2.44. The number of hydrogen-bond donors (Lipinski definition) is 0. The minimum Gasteiger partial charge on any atom is -0.143 e. The van der Waals surface area contributed by atoms with Gasteiger partial charge in [0.2, 0.25) is 0 Å². The average Bonchev–Trinajstić information content (AvgIpc) is 2.15. The molecule has 14 heavy (non-hydrogen) atoms. The van der Waals surface area contributed by atoms with E-state index in [-0.39, 0.29) is 4.87 Å². The molecule has 2 unspecified atom stereocenters. The van der Waals surface area contributed by atoms with Gasteiger partial charge < -0.3 is 0 Å². The van der Waals surface area contributed by atoms with Crippen LogP contribution in [0.25, 0.3) is 0 Å². The highest BCUT2D eigenvalue weighted by molar-refractivity contribution is 9.11. The molecule has 1 saturated heterocycles. The van der Waals surface area contributed by atoms with E-state index in [1.165, 1.54) is 0 Å². The van der Waals surface area contributed by atoms with E-state index in [9.17, 15) is 0 Å². The van der Waals surface area contributed by atoms with Crippen molar-refractivity contribution in [2.45, 2.75) is 9.03 Å². The molecule has 1 radical (unpaired) electrons. The lowest BCUT2D eigenvalue weighted by atomic mass is 10.0. The van der Waals surface area contributed by atoms with Gasteiger partial charge in [-0.15, -0.1) is 23.4 Å². The van der Waals surface area contributed by atoms with E-state index in [4.69, 9.17) is 23.2 Å². The van der Waals surface area contributed by atoms with E-state index in [1.54, 1.807) is 0 Å². The Morgan fingerprint density at radius 3 is 2.86 bits per heavy atom. The van der Waals surface area contributed by atoms with Crippen LogP contribution in [0.1, 0.15) is 5.56 Å². The lowest BCUT2D eigenvalue weighted by Crippen LogP contribution is -2.43. The van der Waals surface area contributed by atoms with Crippen LogP contribution in [0.2, 0.25) is 5.02 Å². The van der Waals surface area contributed by atoms with Crippen LogP contribution in [-0.2, 0) is 0 Å². The normalized spacial score (nSPS) is 31.2. The fraction of sp³-hybridized carbons (Fsp3) is 0.300. The Hall–Kier alpha value is 0.630. The average molecular weight is 311 g/mol. The lowest BCUT2D eigenvalue weighted by molar-refractivity contribution is 0.784. The van der Waals surface area contributed by atoms with E-state index >= 15 is 0 Å². The summed E-state index contributed by atoms with van der Waals surface area (Å²) in [6.45, 7) is 0. The van der Waals surface area contributed by atoms with Gasteiger partial charge in [-0.25, -0.2) is 0 Å². The smallest absolute Gasteiger partial charge is 0.0827 e. The van der Waals surface area contributed by atoms with Crippen LogP contribution in [0.4, 0.5) is 0 Å². The van der Waals surface area contributed by atoms with Gasteiger partial charge >= 0.3 is 0 Å². The number of hydrogen-bond acceptors (Lipinski definition) is 1. The van der Waals surface area contributed by atoms with Gasteiger partial charge in [0.15, 0.2) is 0 Å². The van der Waals surface area contributed by atoms with Gasteiger partial charge in [-0.05, 0) is 17.7 Å². The largest absolute Gasteiger partial charge is 0.143 e. The summed E-state index contributed by atoms with van der Waals surface area (Å²) in [5, 5.41) is 0.747. The molecular weight excluding hydrogens is 303 g/mol. The Balaban J connectivity index is 2.11. The quantitative estimate of drug-likeness (QED) is 0.732. The first-order valence-corrected chi connectivity index (χ1v) is 6.88. The highest BCUT2D eigenvalue weighted by Crippen LogP contribution is 2.49. The minimum absolute atomic E-state index is 0.255. The first kappa shape index (κ1) is 11.1. The molecule has 0 saturated carbocycles. The number of thioether (sulfide) groups is 1. The zero-order valence-electron chi connectivity index (χ0n) is 7.21. The number of halogens is 3. The van der Waals surface area contributed by atoms with E-state index in [0.29, 0.717) is 4.16 Å². The number of alkyl halides is 2. The molecule has 1 aromatic rings. The Labute approximate surface area is 106 Å². The Morgan fingerprint density at radius 2 is 2.36 bits per heavy atom. The van der Waals surface area contributed by atoms with Gasteiger partial charge in [0.25, 0.3) is 0 Å². The molecule has 0 amide bonds. The maximum atomic E-state index is 6.38. The molecule has 1 aliphatic rings. The minimum atomic E-state index is -0.255. The molecule has 1 fully saturated rings. The first-order valence-electron chi connectivity index (χ1n) is 4.16. The second kappa shape index (κ2) is 4.25. The molecule has 0 aliphatic carbocycles. The molecule has 2 atom stereocenters. The van der Waals surface area contributed by atoms with E-state index < -0.39 is 0 Å². The third-order valence-corrected chi connectivity index (χ3v) is 6.30. The summed E-state index contributed by atoms with van der Waals surface area (Å²) in [7, 11) is 0. The molecule has 0 spiro atoms. The summed E-state index contributed by atoms with van der Waals surface area (Å²) in [5.74, 6) is 0.941. The fourth-order valence-corrected chi connectivity index (χ4v) is 3.68. The van der Waals surface area contributed by atoms with E-state index in [0.717, 1.165) is 16.3 Å². The third kappa shape index (κ3) is 2.24. The summed E-state index contributed by atoms with van der Waals surface area (Å²) >= 11 is 17.6. The molecule has 1 aliphatic heterocycles. The van der Waals surface area contributed by atoms with Crippen LogP contribution < -0.4 is 0 Å². The molecule has 0 N–H and O–H groups in total. The first-order chi connectivity index (χ1) is 6.60. The van der Waals surface area contributed by atoms with Crippen molar-refractivity contribution in [3.8, 4) is 0 Å². The standard InChI is InChI=1S/C10H8BrCl2S/c11-9-10(13,6-14-9)5-7-2-1-3-8(12)4-7/h1-5,9H,6H2. The molecule has 4 heteroatoms. The SMILES string of the molecule is Clc1cccc([CH]C2(Cl)CSC2Br)c1. The summed E-state index contributed by atoms with van der Waals surface area (Å²) < 4.78 is 0.302. The molecule has 0 nitrogen and oxygen atoms in total. The predicted octanol–water partition coefficient (Wildman–Crippen LogP) is 4.34. The summed E-state index contributed by atoms with van der Waals surface area (Å²) in [5.41, 5.74) is 1.08. The Bertz CT molecular complexity index is 345. The molecule has 1 aromatic carbocycles. The van der Waals surface area contributed by atoms with E-state index in [1.807, 2.05) is 36.0 Å². The van der Waals surface area contributed by atoms with Crippen molar-refractivity contribution in [1.82, 2.24) is 0 Å². The van der Waals surface area contributed by atoms with Crippen molar-refractivity contribution >= 4 is 50.9 Å². The lowest BCUT2D eigenvalue weighted by Gasteiger charge is -2.40. The third-order valence-electron chi connectivity index (χ3n) is 2.08. The van der Waals surface area contributed by atoms with Crippen molar-refractivity contribution in [3.63, 3.8) is 0 Å². The molecule has 2 rings (SSSR count). The molecule has 0 aromatic heterocycles. The van der Waals surface area contributed by atoms with Crippen LogP contribution in [0.15, 0.2) is 24.3 Å². The van der Waals surface area contributed by atoms with Crippen molar-refractivity contribution in [2.24, 2.45) is 0 Å². The van der Waals surface area contributed by atoms with Crippen LogP contribution in [0, 0.1) is 6.42 Å². The Morgan fingerprint density at radius 1 is 1.57 bits per heavy atom. The Kier molecular flexibility index (Phi) is 3.37. The highest BCUT2D eigenvalue weighted by atomic mass is 79.9. The van der Waals surface area contributed by atoms with Crippen LogP contribution in [0.5, 0.6) is 0 Å². The molecule has 1 heterocycles. The summed E-state index contributed by atoms with van der Waals surface area (Å²) in [6.07, 6.45) is 2.07. The van der Waals surface area contributed by atoms with Crippen molar-refractivity contribution in [3.05, 3.63) is 41.3 Å². The van der Waals surface area contributed by atoms with Crippen molar-refractivity contribution < 1.29 is 0 Å². The maximum Gasteiger partial charge on any atom is 0.0827 e. The predicted molar refractivity (Wildman–Crippen MR) is 68.6 cm³/mol. The molecular formula is C10H8BrCl2S. The van der Waals surface area contributed by atoms with Gasteiger partial charge in [0.05, 0.1) is 9.03 Å². The second-order valence-electron chi connectivity index (χ2n) is 3.25. The molecule has 75 valence electrons. The monoisotopic (exact) mass is 309 g/mol. The van der Waals surface area contributed by atoms with Gasteiger partial charge in [0, 0.05) is 17.2 Å². The zero-order valence-corrected chi connectivity index (χ0v) is 11.1. The number of rotatable bonds is 2. The topological polar surface area (TPSA) is 0 Å². The van der Waals surface area contributed by atoms with Gasteiger partial charge in [-0.1, -0.05) is 39.7 Å². The van der Waals surface area contributed by atoms with Crippen LogP contribution >= 0.6 is 50.9 Å².